The van der Waals surface area contributed by atoms with Gasteiger partial charge < -0.3 is 4.74 Å². The lowest BCUT2D eigenvalue weighted by atomic mass is 10.0. The fourth-order valence-corrected chi connectivity index (χ4v) is 1.44. The monoisotopic (exact) mass is 309 g/mol. The van der Waals surface area contributed by atoms with Crippen molar-refractivity contribution >= 4 is 46.6 Å². The van der Waals surface area contributed by atoms with Crippen molar-refractivity contribution in [2.45, 2.75) is 23.6 Å². The van der Waals surface area contributed by atoms with E-state index in [1.165, 1.54) is 0 Å². The average molecular weight is 311 g/mol. The molecule has 0 spiro atoms. The van der Waals surface area contributed by atoms with E-state index < -0.39 is 9.89 Å². The molecule has 1 rings (SSSR count). The number of halogens is 3. The van der Waals surface area contributed by atoms with E-state index in [0.29, 0.717) is 11.6 Å². The second kappa shape index (κ2) is 6.50. The van der Waals surface area contributed by atoms with Crippen LogP contribution in [0.3, 0.4) is 0 Å². The van der Waals surface area contributed by atoms with Crippen LogP contribution in [0.2, 0.25) is 0 Å². The fourth-order valence-electron chi connectivity index (χ4n) is 1.28. The van der Waals surface area contributed by atoms with Gasteiger partial charge in [-0.1, -0.05) is 60.8 Å². The Bertz CT molecular complexity index is 416. The zero-order valence-electron chi connectivity index (χ0n) is 10.0. The summed E-state index contributed by atoms with van der Waals surface area (Å²) in [4.78, 5) is 11.4. The molecule has 3 nitrogen and oxygen atoms in total. The van der Waals surface area contributed by atoms with Crippen molar-refractivity contribution in [2.75, 3.05) is 11.9 Å². The number of carbonyl (C=O) groups is 1. The summed E-state index contributed by atoms with van der Waals surface area (Å²) in [5.41, 5.74) is 1.77. The minimum atomic E-state index is -1.60. The van der Waals surface area contributed by atoms with E-state index in [1.54, 1.807) is 6.07 Å². The van der Waals surface area contributed by atoms with Crippen molar-refractivity contribution in [1.29, 1.82) is 0 Å². The Morgan fingerprint density at radius 1 is 1.39 bits per heavy atom. The van der Waals surface area contributed by atoms with Crippen molar-refractivity contribution in [2.24, 2.45) is 0 Å². The van der Waals surface area contributed by atoms with Crippen LogP contribution in [0.25, 0.3) is 0 Å². The number of nitrogens with one attached hydrogen (secondary N) is 1. The number of carbonyl (C=O) groups excluding carboxylic acids is 1. The third kappa shape index (κ3) is 5.80. The Labute approximate surface area is 121 Å². The quantitative estimate of drug-likeness (QED) is 0.820. The molecule has 0 saturated heterocycles. The smallest absolute Gasteiger partial charge is 0.411 e. The average Bonchev–Trinajstić information content (AvgIpc) is 2.26. The van der Waals surface area contributed by atoms with Gasteiger partial charge in [0.2, 0.25) is 3.79 Å². The number of ether oxygens (including phenoxy) is 1. The van der Waals surface area contributed by atoms with Gasteiger partial charge >= 0.3 is 6.09 Å². The molecule has 0 fully saturated rings. The van der Waals surface area contributed by atoms with Crippen LogP contribution in [-0.2, 0) is 4.74 Å². The molecule has 0 saturated carbocycles. The maximum atomic E-state index is 11.4. The van der Waals surface area contributed by atoms with Gasteiger partial charge in [-0.25, -0.2) is 4.79 Å². The van der Waals surface area contributed by atoms with Crippen molar-refractivity contribution in [3.63, 3.8) is 0 Å². The molecule has 0 radical (unpaired) electrons. The molecule has 1 aromatic rings. The molecule has 0 aliphatic carbocycles. The molecule has 100 valence electrons. The van der Waals surface area contributed by atoms with E-state index in [4.69, 9.17) is 39.5 Å². The number of rotatable bonds is 3. The van der Waals surface area contributed by atoms with Gasteiger partial charge in [-0.2, -0.15) is 0 Å². The number of benzene rings is 1. The molecule has 18 heavy (non-hydrogen) atoms. The number of hydrogen-bond donors (Lipinski definition) is 1. The van der Waals surface area contributed by atoms with Crippen LogP contribution in [0.4, 0.5) is 10.5 Å². The lowest BCUT2D eigenvalue weighted by Gasteiger charge is -2.13. The second-order valence-corrected chi connectivity index (χ2v) is 6.61. The van der Waals surface area contributed by atoms with Crippen molar-refractivity contribution in [3.8, 4) is 0 Å². The molecule has 1 N–H and O–H groups in total. The summed E-state index contributed by atoms with van der Waals surface area (Å²) in [6, 6.07) is 7.49. The summed E-state index contributed by atoms with van der Waals surface area (Å²) in [6.07, 6.45) is -0.651. The van der Waals surface area contributed by atoms with Crippen LogP contribution in [-0.4, -0.2) is 16.5 Å². The van der Waals surface area contributed by atoms with Gasteiger partial charge in [0.05, 0.1) is 0 Å². The van der Waals surface area contributed by atoms with Crippen molar-refractivity contribution < 1.29 is 9.53 Å². The van der Waals surface area contributed by atoms with Gasteiger partial charge in [0.1, 0.15) is 6.61 Å². The highest BCUT2D eigenvalue weighted by Crippen LogP contribution is 2.26. The maximum Gasteiger partial charge on any atom is 0.411 e. The fraction of sp³-hybridized carbons (Fsp3) is 0.417. The molecular formula is C12H14Cl3NO2. The Morgan fingerprint density at radius 2 is 2.06 bits per heavy atom. The molecule has 0 aliphatic rings. The molecule has 0 unspecified atom stereocenters. The van der Waals surface area contributed by atoms with Crippen molar-refractivity contribution in [1.82, 2.24) is 0 Å². The standard InChI is InChI=1S/C12H14Cl3NO2/c1-8(2)9-4-3-5-10(6-9)16-11(17)18-7-12(13,14)15/h3-6,8H,7H2,1-2H3,(H,16,17). The first kappa shape index (κ1) is 15.4. The Morgan fingerprint density at radius 3 is 2.61 bits per heavy atom. The predicted molar refractivity (Wildman–Crippen MR) is 75.8 cm³/mol. The first-order valence-electron chi connectivity index (χ1n) is 5.38. The molecule has 0 aromatic heterocycles. The number of hydrogen-bond acceptors (Lipinski definition) is 2. The minimum Gasteiger partial charge on any atom is -0.445 e. The third-order valence-electron chi connectivity index (χ3n) is 2.17. The summed E-state index contributed by atoms with van der Waals surface area (Å²) in [5, 5.41) is 2.57. The van der Waals surface area contributed by atoms with Crippen LogP contribution in [0.1, 0.15) is 25.3 Å². The molecule has 0 aliphatic heterocycles. The number of alkyl halides is 3. The zero-order chi connectivity index (χ0) is 13.8. The van der Waals surface area contributed by atoms with E-state index in [0.717, 1.165) is 5.56 Å². The zero-order valence-corrected chi connectivity index (χ0v) is 12.3. The lowest BCUT2D eigenvalue weighted by molar-refractivity contribution is 0.164. The van der Waals surface area contributed by atoms with Crippen LogP contribution in [0, 0.1) is 0 Å². The third-order valence-corrected chi connectivity index (χ3v) is 2.49. The first-order chi connectivity index (χ1) is 8.28. The van der Waals surface area contributed by atoms with E-state index in [9.17, 15) is 4.79 Å². The van der Waals surface area contributed by atoms with E-state index >= 15 is 0 Å². The summed E-state index contributed by atoms with van der Waals surface area (Å²) >= 11 is 16.4. The van der Waals surface area contributed by atoms with Crippen molar-refractivity contribution in [3.05, 3.63) is 29.8 Å². The molecule has 1 amide bonds. The van der Waals surface area contributed by atoms with Crippen LogP contribution < -0.4 is 5.32 Å². The molecule has 6 heteroatoms. The van der Waals surface area contributed by atoms with E-state index in [-0.39, 0.29) is 6.61 Å². The largest absolute Gasteiger partial charge is 0.445 e. The molecule has 1 aromatic carbocycles. The highest BCUT2D eigenvalue weighted by Gasteiger charge is 2.22. The summed E-state index contributed by atoms with van der Waals surface area (Å²) < 4.78 is 3.16. The first-order valence-corrected chi connectivity index (χ1v) is 6.52. The predicted octanol–water partition coefficient (Wildman–Crippen LogP) is 4.73. The van der Waals surface area contributed by atoms with Gasteiger partial charge in [-0.15, -0.1) is 0 Å². The van der Waals surface area contributed by atoms with Gasteiger partial charge in [0.25, 0.3) is 0 Å². The second-order valence-electron chi connectivity index (χ2n) is 4.10. The molecule has 0 bridgehead atoms. The van der Waals surface area contributed by atoms with Gasteiger partial charge in [0, 0.05) is 5.69 Å². The van der Waals surface area contributed by atoms with Crippen LogP contribution in [0.15, 0.2) is 24.3 Å². The Hall–Kier alpha value is -0.640. The Balaban J connectivity index is 2.57. The summed E-state index contributed by atoms with van der Waals surface area (Å²) in [5.74, 6) is 0.379. The SMILES string of the molecule is CC(C)c1cccc(NC(=O)OCC(Cl)(Cl)Cl)c1. The van der Waals surface area contributed by atoms with Gasteiger partial charge in [-0.05, 0) is 23.6 Å². The lowest BCUT2D eigenvalue weighted by Crippen LogP contribution is -2.21. The molecule has 0 atom stereocenters. The normalized spacial score (nSPS) is 11.4. The van der Waals surface area contributed by atoms with Gasteiger partial charge in [-0.3, -0.25) is 5.32 Å². The highest BCUT2D eigenvalue weighted by atomic mass is 35.6. The number of amides is 1. The van der Waals surface area contributed by atoms with Gasteiger partial charge in [0.15, 0.2) is 0 Å². The molecule has 0 heterocycles. The minimum absolute atomic E-state index is 0.298. The molecular weight excluding hydrogens is 296 g/mol. The van der Waals surface area contributed by atoms with Crippen LogP contribution in [0.5, 0.6) is 0 Å². The van der Waals surface area contributed by atoms with E-state index in [1.807, 2.05) is 18.2 Å². The highest BCUT2D eigenvalue weighted by molar-refractivity contribution is 6.67. The number of anilines is 1. The van der Waals surface area contributed by atoms with Crippen LogP contribution >= 0.6 is 34.8 Å². The maximum absolute atomic E-state index is 11.4. The Kier molecular flexibility index (Phi) is 5.57. The van der Waals surface area contributed by atoms with E-state index in [2.05, 4.69) is 19.2 Å². The topological polar surface area (TPSA) is 38.3 Å². The summed E-state index contributed by atoms with van der Waals surface area (Å²) in [7, 11) is 0. The summed E-state index contributed by atoms with van der Waals surface area (Å²) in [6.45, 7) is 3.84.